The highest BCUT2D eigenvalue weighted by Crippen LogP contribution is 2.63. The van der Waals surface area contributed by atoms with Crippen LogP contribution >= 0.6 is 22.6 Å². The standard InChI is InChI=1S/C29H36F13IO4/c1-46-21(44)23(22(45)47-2)14-18(19(16-23)20(43)17-12-10-8-6-4-3-5-7-9-11-13-17)15-24(30,31)25(32,33)26(34,35)27(36,37)28(38,39)29(40,41)42/h18-19H,3-16H2,1-2H3. The highest BCUT2D eigenvalue weighted by molar-refractivity contribution is 14.1. The van der Waals surface area contributed by atoms with Gasteiger partial charge in [-0.2, -0.15) is 57.1 Å². The normalized spacial score (nSPS) is 23.0. The SMILES string of the molecule is COC(=O)C1(C(=O)OC)CC(CC(F)(F)C(F)(F)C(F)(F)C(F)(F)C(F)(F)C(F)(F)F)C(C(I)=C2CCCCCCCCCCC2)C1. The molecule has 0 radical (unpaired) electrons. The molecule has 47 heavy (non-hydrogen) atoms. The minimum Gasteiger partial charge on any atom is -0.468 e. The number of allylic oxidation sites excluding steroid dienone is 2. The van der Waals surface area contributed by atoms with Crippen LogP contribution in [0, 0.1) is 17.3 Å². The first kappa shape index (κ1) is 41.7. The number of hydrogen-bond acceptors (Lipinski definition) is 4. The second-order valence-electron chi connectivity index (χ2n) is 12.2. The number of carbonyl (C=O) groups is 2. The molecule has 0 aromatic rings. The molecule has 2 atom stereocenters. The Labute approximate surface area is 276 Å². The molecule has 0 saturated heterocycles. The van der Waals surface area contributed by atoms with Gasteiger partial charge in [0, 0.05) is 6.42 Å². The highest BCUT2D eigenvalue weighted by atomic mass is 127. The molecule has 274 valence electrons. The van der Waals surface area contributed by atoms with E-state index in [0.29, 0.717) is 31.3 Å². The Balaban J connectivity index is 2.66. The van der Waals surface area contributed by atoms with Gasteiger partial charge in [-0.15, -0.1) is 0 Å². The Morgan fingerprint density at radius 1 is 0.638 bits per heavy atom. The zero-order valence-corrected chi connectivity index (χ0v) is 27.6. The largest absolute Gasteiger partial charge is 0.468 e. The van der Waals surface area contributed by atoms with Gasteiger partial charge in [0.1, 0.15) is 0 Å². The van der Waals surface area contributed by atoms with Crippen LogP contribution in [0.3, 0.4) is 0 Å². The van der Waals surface area contributed by atoms with Crippen molar-refractivity contribution in [1.82, 2.24) is 0 Å². The van der Waals surface area contributed by atoms with E-state index in [1.54, 1.807) is 22.6 Å². The number of ether oxygens (including phenoxy) is 2. The Morgan fingerprint density at radius 3 is 1.40 bits per heavy atom. The molecular formula is C29H36F13IO4. The maximum Gasteiger partial charge on any atom is 0.460 e. The zero-order valence-electron chi connectivity index (χ0n) is 25.5. The van der Waals surface area contributed by atoms with E-state index < -0.39 is 84.2 Å². The number of esters is 2. The van der Waals surface area contributed by atoms with E-state index in [1.807, 2.05) is 0 Å². The minimum absolute atomic E-state index is 0.221. The van der Waals surface area contributed by atoms with Gasteiger partial charge in [-0.3, -0.25) is 9.59 Å². The second-order valence-corrected chi connectivity index (χ2v) is 13.3. The molecule has 2 aliphatic rings. The predicted molar refractivity (Wildman–Crippen MR) is 150 cm³/mol. The number of methoxy groups -OCH3 is 2. The first-order chi connectivity index (χ1) is 21.4. The molecule has 0 aromatic heterocycles. The Hall–Kier alpha value is -1.50. The van der Waals surface area contributed by atoms with Gasteiger partial charge in [0.2, 0.25) is 0 Å². The van der Waals surface area contributed by atoms with Crippen LogP contribution in [0.2, 0.25) is 0 Å². The lowest BCUT2D eigenvalue weighted by atomic mass is 9.82. The third-order valence-corrected chi connectivity index (χ3v) is 10.6. The summed E-state index contributed by atoms with van der Waals surface area (Å²) in [7, 11) is 1.61. The minimum atomic E-state index is -8.02. The number of carbonyl (C=O) groups excluding carboxylic acids is 2. The number of halogens is 14. The van der Waals surface area contributed by atoms with Crippen LogP contribution in [0.1, 0.15) is 89.9 Å². The summed E-state index contributed by atoms with van der Waals surface area (Å²) < 4.78 is 190. The van der Waals surface area contributed by atoms with Crippen LogP contribution < -0.4 is 0 Å². The van der Waals surface area contributed by atoms with Crippen molar-refractivity contribution in [2.75, 3.05) is 14.2 Å². The van der Waals surface area contributed by atoms with Crippen LogP contribution in [0.15, 0.2) is 9.15 Å². The molecule has 0 amide bonds. The summed E-state index contributed by atoms with van der Waals surface area (Å²) >= 11 is 1.71. The summed E-state index contributed by atoms with van der Waals surface area (Å²) in [5.74, 6) is -43.8. The van der Waals surface area contributed by atoms with Gasteiger partial charge in [0.15, 0.2) is 5.41 Å². The lowest BCUT2D eigenvalue weighted by molar-refractivity contribution is -0.440. The fourth-order valence-electron chi connectivity index (χ4n) is 6.33. The summed E-state index contributed by atoms with van der Waals surface area (Å²) in [6.45, 7) is 0. The average molecular weight is 822 g/mol. The Bertz CT molecular complexity index is 1110. The van der Waals surface area contributed by atoms with Crippen molar-refractivity contribution in [2.24, 2.45) is 17.3 Å². The molecule has 0 aromatic carbocycles. The molecule has 2 unspecified atom stereocenters. The van der Waals surface area contributed by atoms with Crippen LogP contribution in [0.4, 0.5) is 57.1 Å². The molecule has 0 N–H and O–H groups in total. The van der Waals surface area contributed by atoms with Crippen molar-refractivity contribution in [2.45, 2.75) is 126 Å². The molecule has 2 rings (SSSR count). The predicted octanol–water partition coefficient (Wildman–Crippen LogP) is 10.5. The van der Waals surface area contributed by atoms with Crippen molar-refractivity contribution >= 4 is 34.5 Å². The zero-order chi connectivity index (χ0) is 36.3. The van der Waals surface area contributed by atoms with Crippen molar-refractivity contribution in [3.05, 3.63) is 9.15 Å². The van der Waals surface area contributed by atoms with Gasteiger partial charge in [-0.25, -0.2) is 0 Å². The molecular weight excluding hydrogens is 786 g/mol. The quantitative estimate of drug-likeness (QED) is 0.101. The average Bonchev–Trinajstić information content (AvgIpc) is 3.34. The molecule has 2 aliphatic carbocycles. The topological polar surface area (TPSA) is 52.6 Å². The summed E-state index contributed by atoms with van der Waals surface area (Å²) in [6, 6.07) is 0. The molecule has 18 heteroatoms. The smallest absolute Gasteiger partial charge is 0.460 e. The van der Waals surface area contributed by atoms with Gasteiger partial charge in [0.05, 0.1) is 14.2 Å². The lowest BCUT2D eigenvalue weighted by Gasteiger charge is -2.40. The fraction of sp³-hybridized carbons (Fsp3) is 0.862. The van der Waals surface area contributed by atoms with E-state index in [-0.39, 0.29) is 3.58 Å². The summed E-state index contributed by atoms with van der Waals surface area (Å²) in [4.78, 5) is 25.7. The molecule has 0 bridgehead atoms. The molecule has 2 saturated carbocycles. The van der Waals surface area contributed by atoms with Gasteiger partial charge in [-0.05, 0) is 76.5 Å². The van der Waals surface area contributed by atoms with Gasteiger partial charge >= 0.3 is 47.7 Å². The maximum atomic E-state index is 15.2. The van der Waals surface area contributed by atoms with E-state index >= 15 is 8.78 Å². The first-order valence-corrected chi connectivity index (χ1v) is 16.0. The van der Waals surface area contributed by atoms with E-state index in [1.165, 1.54) is 0 Å². The molecule has 0 heterocycles. The van der Waals surface area contributed by atoms with Gasteiger partial charge < -0.3 is 9.47 Å². The number of alkyl halides is 13. The third-order valence-electron chi connectivity index (χ3n) is 9.04. The molecule has 4 nitrogen and oxygen atoms in total. The molecule has 0 aliphatic heterocycles. The molecule has 0 spiro atoms. The summed E-state index contributed by atoms with van der Waals surface area (Å²) in [5, 5.41) is 0. The van der Waals surface area contributed by atoms with E-state index in [0.717, 1.165) is 59.2 Å². The van der Waals surface area contributed by atoms with Gasteiger partial charge in [0.25, 0.3) is 0 Å². The first-order valence-electron chi connectivity index (χ1n) is 14.9. The number of rotatable bonds is 9. The monoisotopic (exact) mass is 822 g/mol. The Kier molecular flexibility index (Phi) is 13.5. The summed E-state index contributed by atoms with van der Waals surface area (Å²) in [6.07, 6.45) is -3.51. The van der Waals surface area contributed by atoms with E-state index in [2.05, 4.69) is 9.47 Å². The van der Waals surface area contributed by atoms with Crippen LogP contribution in [0.25, 0.3) is 0 Å². The summed E-state index contributed by atoms with van der Waals surface area (Å²) in [5.41, 5.74) is -1.80. The van der Waals surface area contributed by atoms with Crippen molar-refractivity contribution in [3.63, 3.8) is 0 Å². The van der Waals surface area contributed by atoms with Crippen LogP contribution in [-0.4, -0.2) is 61.9 Å². The van der Waals surface area contributed by atoms with Crippen molar-refractivity contribution in [1.29, 1.82) is 0 Å². The van der Waals surface area contributed by atoms with E-state index in [4.69, 9.17) is 0 Å². The third kappa shape index (κ3) is 7.96. The lowest BCUT2D eigenvalue weighted by Crippen LogP contribution is -2.70. The Morgan fingerprint density at radius 2 is 1.02 bits per heavy atom. The molecule has 2 fully saturated rings. The van der Waals surface area contributed by atoms with Crippen LogP contribution in [0.5, 0.6) is 0 Å². The second kappa shape index (κ2) is 15.2. The highest BCUT2D eigenvalue weighted by Gasteiger charge is 2.90. The van der Waals surface area contributed by atoms with Crippen molar-refractivity contribution < 1.29 is 76.1 Å². The van der Waals surface area contributed by atoms with Gasteiger partial charge in [-0.1, -0.05) is 50.5 Å². The van der Waals surface area contributed by atoms with E-state index in [9.17, 15) is 57.9 Å². The van der Waals surface area contributed by atoms with Crippen molar-refractivity contribution in [3.8, 4) is 0 Å². The fourth-order valence-corrected chi connectivity index (χ4v) is 7.60. The number of hydrogen-bond donors (Lipinski definition) is 0. The maximum absolute atomic E-state index is 15.2. The van der Waals surface area contributed by atoms with Crippen LogP contribution in [-0.2, 0) is 19.1 Å².